The summed E-state index contributed by atoms with van der Waals surface area (Å²) in [5.74, 6) is 0.131. The van der Waals surface area contributed by atoms with E-state index in [1.165, 1.54) is 6.07 Å². The van der Waals surface area contributed by atoms with Crippen LogP contribution in [0.4, 0.5) is 24.5 Å². The van der Waals surface area contributed by atoms with Crippen molar-refractivity contribution in [3.05, 3.63) is 23.8 Å². The molecule has 4 rings (SSSR count). The summed E-state index contributed by atoms with van der Waals surface area (Å²) in [6.07, 6.45) is 3.41. The van der Waals surface area contributed by atoms with E-state index in [9.17, 15) is 18.0 Å². The number of carbonyl (C=O) groups is 1. The topological polar surface area (TPSA) is 44.4 Å². The molecule has 3 aliphatic heterocycles. The summed E-state index contributed by atoms with van der Waals surface area (Å²) < 4.78 is 39.6. The quantitative estimate of drug-likeness (QED) is 0.786. The SMILES string of the molecule is O=C(CC1CC2CCC(C1)N2)Nc1cc(C(F)(F)F)ccc1N1CCCCC1. The van der Waals surface area contributed by atoms with E-state index < -0.39 is 11.7 Å². The molecule has 0 saturated carbocycles. The first-order chi connectivity index (χ1) is 13.4. The summed E-state index contributed by atoms with van der Waals surface area (Å²) in [6, 6.07) is 4.70. The second kappa shape index (κ2) is 7.93. The third-order valence-corrected chi connectivity index (χ3v) is 6.34. The molecule has 2 unspecified atom stereocenters. The van der Waals surface area contributed by atoms with Crippen molar-refractivity contribution in [2.75, 3.05) is 23.3 Å². The van der Waals surface area contributed by atoms with Crippen molar-refractivity contribution in [1.29, 1.82) is 0 Å². The average molecular weight is 395 g/mol. The zero-order valence-corrected chi connectivity index (χ0v) is 16.0. The molecule has 7 heteroatoms. The highest BCUT2D eigenvalue weighted by Crippen LogP contribution is 2.37. The summed E-state index contributed by atoms with van der Waals surface area (Å²) in [4.78, 5) is 14.8. The molecule has 1 aromatic carbocycles. The lowest BCUT2D eigenvalue weighted by atomic mass is 9.89. The number of amides is 1. The van der Waals surface area contributed by atoms with Crippen molar-refractivity contribution in [2.24, 2.45) is 5.92 Å². The molecule has 4 nitrogen and oxygen atoms in total. The van der Waals surface area contributed by atoms with Crippen LogP contribution >= 0.6 is 0 Å². The summed E-state index contributed by atoms with van der Waals surface area (Å²) in [6.45, 7) is 1.62. The van der Waals surface area contributed by atoms with Gasteiger partial charge in [-0.25, -0.2) is 0 Å². The van der Waals surface area contributed by atoms with Crippen LogP contribution in [0.15, 0.2) is 18.2 Å². The number of hydrogen-bond donors (Lipinski definition) is 2. The first-order valence-electron chi connectivity index (χ1n) is 10.4. The molecule has 3 fully saturated rings. The van der Waals surface area contributed by atoms with Crippen molar-refractivity contribution in [3.63, 3.8) is 0 Å². The number of piperidine rings is 2. The van der Waals surface area contributed by atoms with Crippen molar-refractivity contribution in [2.45, 2.75) is 69.6 Å². The van der Waals surface area contributed by atoms with Gasteiger partial charge in [0.05, 0.1) is 16.9 Å². The van der Waals surface area contributed by atoms with Gasteiger partial charge in [0.1, 0.15) is 0 Å². The van der Waals surface area contributed by atoms with Crippen LogP contribution in [-0.4, -0.2) is 31.1 Å². The van der Waals surface area contributed by atoms with Crippen molar-refractivity contribution < 1.29 is 18.0 Å². The summed E-state index contributed by atoms with van der Waals surface area (Å²) >= 11 is 0. The Morgan fingerprint density at radius 3 is 2.43 bits per heavy atom. The minimum absolute atomic E-state index is 0.177. The molecule has 3 saturated heterocycles. The smallest absolute Gasteiger partial charge is 0.370 e. The third kappa shape index (κ3) is 4.45. The maximum absolute atomic E-state index is 13.2. The number of fused-ring (bicyclic) bond motifs is 2. The number of carbonyl (C=O) groups excluding carboxylic acids is 1. The summed E-state index contributed by atoms with van der Waals surface area (Å²) in [7, 11) is 0. The molecule has 3 heterocycles. The van der Waals surface area contributed by atoms with Crippen molar-refractivity contribution >= 4 is 17.3 Å². The van der Waals surface area contributed by atoms with Crippen LogP contribution < -0.4 is 15.5 Å². The van der Waals surface area contributed by atoms with Crippen LogP contribution in [0.25, 0.3) is 0 Å². The summed E-state index contributed by atoms with van der Waals surface area (Å²) in [5.41, 5.74) is 0.272. The van der Waals surface area contributed by atoms with Gasteiger partial charge >= 0.3 is 6.18 Å². The van der Waals surface area contributed by atoms with Crippen LogP contribution in [0.1, 0.15) is 56.9 Å². The van der Waals surface area contributed by atoms with Gasteiger partial charge in [-0.05, 0) is 69.1 Å². The first-order valence-corrected chi connectivity index (χ1v) is 10.4. The Bertz CT molecular complexity index is 703. The molecule has 0 radical (unpaired) electrons. The predicted octanol–water partition coefficient (Wildman–Crippen LogP) is 4.55. The Kier molecular flexibility index (Phi) is 5.54. The fraction of sp³-hybridized carbons (Fsp3) is 0.667. The van der Waals surface area contributed by atoms with E-state index in [1.807, 2.05) is 0 Å². The molecule has 0 aromatic heterocycles. The number of nitrogens with one attached hydrogen (secondary N) is 2. The number of nitrogens with zero attached hydrogens (tertiary/aromatic N) is 1. The Labute approximate surface area is 163 Å². The second-order valence-corrected chi connectivity index (χ2v) is 8.50. The molecule has 3 aliphatic rings. The van der Waals surface area contributed by atoms with E-state index in [0.717, 1.165) is 70.2 Å². The van der Waals surface area contributed by atoms with E-state index >= 15 is 0 Å². The van der Waals surface area contributed by atoms with Crippen molar-refractivity contribution in [3.8, 4) is 0 Å². The molecule has 0 spiro atoms. The summed E-state index contributed by atoms with van der Waals surface area (Å²) in [5, 5.41) is 6.37. The molecule has 0 aliphatic carbocycles. The minimum atomic E-state index is -4.42. The van der Waals surface area contributed by atoms with Gasteiger partial charge in [-0.2, -0.15) is 13.2 Å². The van der Waals surface area contributed by atoms with Crippen LogP contribution in [0, 0.1) is 5.92 Å². The highest BCUT2D eigenvalue weighted by molar-refractivity contribution is 5.94. The highest BCUT2D eigenvalue weighted by Gasteiger charge is 2.35. The van der Waals surface area contributed by atoms with Gasteiger partial charge < -0.3 is 15.5 Å². The Morgan fingerprint density at radius 2 is 1.79 bits per heavy atom. The van der Waals surface area contributed by atoms with E-state index in [4.69, 9.17) is 0 Å². The maximum atomic E-state index is 13.2. The van der Waals surface area contributed by atoms with Gasteiger partial charge in [-0.1, -0.05) is 0 Å². The fourth-order valence-corrected chi connectivity index (χ4v) is 5.03. The van der Waals surface area contributed by atoms with Gasteiger partial charge in [-0.3, -0.25) is 4.79 Å². The van der Waals surface area contributed by atoms with Crippen LogP contribution in [0.5, 0.6) is 0 Å². The van der Waals surface area contributed by atoms with Gasteiger partial charge in [0.15, 0.2) is 0 Å². The minimum Gasteiger partial charge on any atom is -0.370 e. The number of halogens is 3. The Hall–Kier alpha value is -1.76. The average Bonchev–Trinajstić information content (AvgIpc) is 3.00. The molecule has 2 N–H and O–H groups in total. The van der Waals surface area contributed by atoms with Crippen LogP contribution in [0.3, 0.4) is 0 Å². The highest BCUT2D eigenvalue weighted by atomic mass is 19.4. The third-order valence-electron chi connectivity index (χ3n) is 6.34. The number of anilines is 2. The Morgan fingerprint density at radius 1 is 1.11 bits per heavy atom. The first kappa shape index (κ1) is 19.6. The number of alkyl halides is 3. The number of hydrogen-bond acceptors (Lipinski definition) is 3. The van der Waals surface area contributed by atoms with E-state index in [2.05, 4.69) is 15.5 Å². The lowest BCUT2D eigenvalue weighted by Gasteiger charge is -2.31. The van der Waals surface area contributed by atoms with Gasteiger partial charge in [0.25, 0.3) is 0 Å². The van der Waals surface area contributed by atoms with Gasteiger partial charge in [0.2, 0.25) is 5.91 Å². The van der Waals surface area contributed by atoms with Crippen molar-refractivity contribution in [1.82, 2.24) is 5.32 Å². The molecule has 154 valence electrons. The zero-order valence-electron chi connectivity index (χ0n) is 16.0. The van der Waals surface area contributed by atoms with E-state index in [1.54, 1.807) is 0 Å². The Balaban J connectivity index is 1.49. The normalized spacial score (nSPS) is 27.7. The predicted molar refractivity (Wildman–Crippen MR) is 103 cm³/mol. The molecule has 28 heavy (non-hydrogen) atoms. The fourth-order valence-electron chi connectivity index (χ4n) is 5.03. The molecule has 1 aromatic rings. The molecular formula is C21H28F3N3O. The van der Waals surface area contributed by atoms with E-state index in [-0.39, 0.29) is 5.91 Å². The second-order valence-electron chi connectivity index (χ2n) is 8.50. The lowest BCUT2D eigenvalue weighted by molar-refractivity contribution is -0.137. The molecule has 2 bridgehead atoms. The standard InChI is InChI=1S/C21H28F3N3O/c22-21(23,24)15-4-7-19(27-8-2-1-3-9-27)18(13-15)26-20(28)12-14-10-16-5-6-17(11-14)25-16/h4,7,13-14,16-17,25H,1-3,5-6,8-12H2,(H,26,28). The largest absolute Gasteiger partial charge is 0.416 e. The monoisotopic (exact) mass is 395 g/mol. The van der Waals surface area contributed by atoms with Gasteiger partial charge in [-0.15, -0.1) is 0 Å². The molecular weight excluding hydrogens is 367 g/mol. The number of rotatable bonds is 4. The molecule has 1 amide bonds. The zero-order chi connectivity index (χ0) is 19.7. The number of benzene rings is 1. The van der Waals surface area contributed by atoms with E-state index in [0.29, 0.717) is 35.8 Å². The van der Waals surface area contributed by atoms with Crippen LogP contribution in [-0.2, 0) is 11.0 Å². The van der Waals surface area contributed by atoms with Crippen LogP contribution in [0.2, 0.25) is 0 Å². The van der Waals surface area contributed by atoms with Gasteiger partial charge in [0, 0.05) is 31.6 Å². The molecule has 2 atom stereocenters. The lowest BCUT2D eigenvalue weighted by Crippen LogP contribution is -2.39. The maximum Gasteiger partial charge on any atom is 0.416 e.